The van der Waals surface area contributed by atoms with E-state index in [1.165, 1.54) is 18.3 Å². The van der Waals surface area contributed by atoms with Crippen LogP contribution in [0.2, 0.25) is 5.15 Å². The van der Waals surface area contributed by atoms with Gasteiger partial charge >= 0.3 is 0 Å². The summed E-state index contributed by atoms with van der Waals surface area (Å²) < 4.78 is 28.9. The van der Waals surface area contributed by atoms with Crippen LogP contribution in [0.1, 0.15) is 5.69 Å². The third-order valence-corrected chi connectivity index (χ3v) is 3.72. The second kappa shape index (κ2) is 6.14. The molecule has 1 aromatic heterocycles. The van der Waals surface area contributed by atoms with Crippen LogP contribution in [-0.4, -0.2) is 29.9 Å². The van der Waals surface area contributed by atoms with Crippen LogP contribution < -0.4 is 0 Å². The third kappa shape index (κ3) is 3.03. The maximum atomic E-state index is 13.9. The van der Waals surface area contributed by atoms with Crippen LogP contribution in [-0.2, 0) is 6.54 Å². The number of rotatable bonds is 3. The Hall–Kier alpha value is -3.00. The summed E-state index contributed by atoms with van der Waals surface area (Å²) >= 11 is 5.71. The van der Waals surface area contributed by atoms with Gasteiger partial charge in [0.25, 0.3) is 0 Å². The summed E-state index contributed by atoms with van der Waals surface area (Å²) in [5.41, 5.74) is 1.66. The van der Waals surface area contributed by atoms with Gasteiger partial charge in [-0.2, -0.15) is 10.2 Å². The van der Waals surface area contributed by atoms with Crippen molar-refractivity contribution in [3.8, 4) is 22.8 Å². The van der Waals surface area contributed by atoms with E-state index in [2.05, 4.69) is 25.3 Å². The van der Waals surface area contributed by atoms with Crippen LogP contribution in [0.4, 0.5) is 8.78 Å². The molecule has 3 heterocycles. The molecular formula is C16H9ClF2N6. The highest BCUT2D eigenvalue weighted by Gasteiger charge is 2.18. The molecule has 6 nitrogen and oxygen atoms in total. The van der Waals surface area contributed by atoms with Crippen molar-refractivity contribution in [2.45, 2.75) is 6.54 Å². The van der Waals surface area contributed by atoms with Gasteiger partial charge in [-0.3, -0.25) is 4.68 Å². The van der Waals surface area contributed by atoms with E-state index in [4.69, 9.17) is 11.6 Å². The third-order valence-electron chi connectivity index (χ3n) is 3.52. The topological polar surface area (TPSA) is 69.4 Å². The van der Waals surface area contributed by atoms with Crippen molar-refractivity contribution in [3.05, 3.63) is 65.2 Å². The summed E-state index contributed by atoms with van der Waals surface area (Å²) in [5, 5.41) is 12.2. The molecule has 2 aliphatic rings. The maximum Gasteiger partial charge on any atom is 0.169 e. The maximum absolute atomic E-state index is 13.9. The van der Waals surface area contributed by atoms with Gasteiger partial charge in [0.15, 0.2) is 22.6 Å². The zero-order valence-electron chi connectivity index (χ0n) is 12.6. The van der Waals surface area contributed by atoms with E-state index in [-0.39, 0.29) is 11.4 Å². The van der Waals surface area contributed by atoms with Crippen molar-refractivity contribution in [3.63, 3.8) is 0 Å². The average molecular weight is 359 g/mol. The molecule has 0 bridgehead atoms. The van der Waals surface area contributed by atoms with Crippen molar-refractivity contribution in [2.75, 3.05) is 0 Å². The van der Waals surface area contributed by atoms with Gasteiger partial charge in [-0.1, -0.05) is 17.7 Å². The Bertz CT molecular complexity index is 1020. The number of hydrogen-bond acceptors (Lipinski definition) is 5. The van der Waals surface area contributed by atoms with Gasteiger partial charge in [-0.25, -0.2) is 18.7 Å². The van der Waals surface area contributed by atoms with Crippen LogP contribution in [0.5, 0.6) is 0 Å². The zero-order chi connectivity index (χ0) is 17.4. The Morgan fingerprint density at radius 1 is 1.00 bits per heavy atom. The van der Waals surface area contributed by atoms with Gasteiger partial charge in [0.05, 0.1) is 30.2 Å². The lowest BCUT2D eigenvalue weighted by Gasteiger charge is -2.05. The molecule has 0 spiro atoms. The average Bonchev–Trinajstić information content (AvgIpc) is 3.02. The fourth-order valence-electron chi connectivity index (χ4n) is 2.34. The number of hydrogen-bond donors (Lipinski definition) is 0. The van der Waals surface area contributed by atoms with Crippen LogP contribution in [0.3, 0.4) is 0 Å². The van der Waals surface area contributed by atoms with E-state index in [1.807, 2.05) is 0 Å². The van der Waals surface area contributed by atoms with Crippen LogP contribution in [0.15, 0.2) is 42.7 Å². The minimum atomic E-state index is -0.977. The molecule has 124 valence electrons. The normalized spacial score (nSPS) is 11.2. The first-order valence-corrected chi connectivity index (χ1v) is 7.60. The Balaban J connectivity index is 1.69. The van der Waals surface area contributed by atoms with E-state index in [0.29, 0.717) is 28.8 Å². The minimum Gasteiger partial charge on any atom is -0.264 e. The number of fused-ring (bicyclic) bond motifs is 1. The Morgan fingerprint density at radius 3 is 2.64 bits per heavy atom. The lowest BCUT2D eigenvalue weighted by molar-refractivity contribution is 0.510. The van der Waals surface area contributed by atoms with Gasteiger partial charge in [-0.15, -0.1) is 5.10 Å². The molecule has 4 rings (SSSR count). The largest absolute Gasteiger partial charge is 0.264 e. The molecule has 9 heteroatoms. The molecule has 0 amide bonds. The van der Waals surface area contributed by atoms with Crippen LogP contribution in [0, 0.1) is 11.6 Å². The molecule has 0 radical (unpaired) electrons. The Kier molecular flexibility index (Phi) is 3.81. The first-order chi connectivity index (χ1) is 12.1. The summed E-state index contributed by atoms with van der Waals surface area (Å²) in [6, 6.07) is 7.25. The second-order valence-electron chi connectivity index (χ2n) is 5.24. The molecule has 0 aliphatic carbocycles. The Morgan fingerprint density at radius 2 is 1.84 bits per heavy atom. The molecule has 0 saturated heterocycles. The van der Waals surface area contributed by atoms with Gasteiger partial charge < -0.3 is 0 Å². The quantitative estimate of drug-likeness (QED) is 0.562. The summed E-state index contributed by atoms with van der Waals surface area (Å²) in [4.78, 5) is 8.47. The van der Waals surface area contributed by atoms with Gasteiger partial charge in [-0.05, 0) is 24.3 Å². The van der Waals surface area contributed by atoms with E-state index < -0.39 is 11.6 Å². The minimum absolute atomic E-state index is 0.00585. The molecule has 2 aliphatic heterocycles. The highest BCUT2D eigenvalue weighted by molar-refractivity contribution is 6.29. The van der Waals surface area contributed by atoms with Gasteiger partial charge in [0.2, 0.25) is 0 Å². The molecule has 25 heavy (non-hydrogen) atoms. The highest BCUT2D eigenvalue weighted by atomic mass is 35.5. The first kappa shape index (κ1) is 15.5. The van der Waals surface area contributed by atoms with E-state index in [1.54, 1.807) is 23.0 Å². The summed E-state index contributed by atoms with van der Waals surface area (Å²) in [6.07, 6.45) is 3.16. The molecule has 0 atom stereocenters. The van der Waals surface area contributed by atoms with Crippen molar-refractivity contribution >= 4 is 11.6 Å². The highest BCUT2D eigenvalue weighted by Crippen LogP contribution is 2.26. The molecule has 1 aromatic carbocycles. The molecule has 2 aromatic rings. The van der Waals surface area contributed by atoms with Crippen LogP contribution in [0.25, 0.3) is 22.8 Å². The predicted molar refractivity (Wildman–Crippen MR) is 85.9 cm³/mol. The number of imidazole rings is 1. The van der Waals surface area contributed by atoms with Gasteiger partial charge in [0.1, 0.15) is 11.4 Å². The number of benzene rings is 1. The molecule has 0 N–H and O–H groups in total. The zero-order valence-corrected chi connectivity index (χ0v) is 13.3. The number of halogens is 3. The van der Waals surface area contributed by atoms with Gasteiger partial charge in [0, 0.05) is 0 Å². The fraction of sp³-hybridized carbons (Fsp3) is 0.0625. The number of nitrogens with zero attached hydrogens (tertiary/aromatic N) is 6. The molecule has 0 fully saturated rings. The molecule has 0 unspecified atom stereocenters. The molecular weight excluding hydrogens is 350 g/mol. The molecule has 0 saturated carbocycles. The predicted octanol–water partition coefficient (Wildman–Crippen LogP) is 3.21. The van der Waals surface area contributed by atoms with E-state index in [0.717, 1.165) is 6.07 Å². The van der Waals surface area contributed by atoms with Crippen molar-refractivity contribution < 1.29 is 8.78 Å². The summed E-state index contributed by atoms with van der Waals surface area (Å²) in [7, 11) is 0. The smallest absolute Gasteiger partial charge is 0.169 e. The lowest BCUT2D eigenvalue weighted by atomic mass is 10.2. The fourth-order valence-corrected chi connectivity index (χ4v) is 2.44. The van der Waals surface area contributed by atoms with Crippen molar-refractivity contribution in [1.82, 2.24) is 29.9 Å². The van der Waals surface area contributed by atoms with Crippen molar-refractivity contribution in [2.24, 2.45) is 0 Å². The van der Waals surface area contributed by atoms with E-state index >= 15 is 0 Å². The first-order valence-electron chi connectivity index (χ1n) is 7.23. The second-order valence-corrected chi connectivity index (χ2v) is 5.62. The standard InChI is InChI=1S/C16H9ClF2N6/c17-14-5-4-9(23-24-14)7-25-8-13-12(6-20-25)21-16(22-13)10-2-1-3-11(18)15(10)19/h1-6,8H,7H2. The van der Waals surface area contributed by atoms with E-state index in [9.17, 15) is 8.78 Å². The van der Waals surface area contributed by atoms with Crippen molar-refractivity contribution in [1.29, 1.82) is 0 Å². The summed E-state index contributed by atoms with van der Waals surface area (Å²) in [6.45, 7) is 0.358. The lowest BCUT2D eigenvalue weighted by Crippen LogP contribution is -2.07. The summed E-state index contributed by atoms with van der Waals surface area (Å²) in [5.74, 6) is -1.81. The Labute approximate surface area is 145 Å². The monoisotopic (exact) mass is 358 g/mol. The number of aromatic nitrogens is 6. The van der Waals surface area contributed by atoms with Crippen LogP contribution >= 0.6 is 11.6 Å². The SMILES string of the molecule is Fc1cccc(-c2nc3cnn(Cc4ccc(Cl)nn4)cc-3n2)c1F.